The Bertz CT molecular complexity index is 400. The van der Waals surface area contributed by atoms with Gasteiger partial charge < -0.3 is 9.47 Å². The van der Waals surface area contributed by atoms with Crippen molar-refractivity contribution in [1.82, 2.24) is 0 Å². The van der Waals surface area contributed by atoms with Gasteiger partial charge in [-0.2, -0.15) is 0 Å². The Hall–Kier alpha value is -1.91. The Labute approximate surface area is 87.2 Å². The van der Waals surface area contributed by atoms with Crippen LogP contribution in [-0.2, 0) is 16.5 Å². The number of carbonyl (C=O) groups is 2. The molecular formula is C10H12NO4+. The molecule has 15 heavy (non-hydrogen) atoms. The lowest BCUT2D eigenvalue weighted by atomic mass is 10.1. The predicted octanol–water partition coefficient (Wildman–Crippen LogP) is 0.0843. The summed E-state index contributed by atoms with van der Waals surface area (Å²) in [5.74, 6) is -1.12. The molecule has 0 atom stereocenters. The molecule has 0 N–H and O–H groups in total. The van der Waals surface area contributed by atoms with Gasteiger partial charge in [-0.05, 0) is 0 Å². The number of nitrogens with zero attached hydrogens (tertiary/aromatic N) is 1. The Morgan fingerprint density at radius 1 is 1.13 bits per heavy atom. The summed E-state index contributed by atoms with van der Waals surface area (Å²) in [5.41, 5.74) is 0.386. The molecule has 0 spiro atoms. The van der Waals surface area contributed by atoms with E-state index in [1.807, 2.05) is 0 Å². The van der Waals surface area contributed by atoms with Crippen LogP contribution >= 0.6 is 0 Å². The largest absolute Gasteiger partial charge is 0.465 e. The molecule has 0 saturated carbocycles. The number of hydrogen-bond donors (Lipinski definition) is 0. The van der Waals surface area contributed by atoms with Crippen molar-refractivity contribution in [2.24, 2.45) is 7.05 Å². The minimum absolute atomic E-state index is 0.189. The molecule has 0 bridgehead atoms. The van der Waals surface area contributed by atoms with Crippen LogP contribution in [0.4, 0.5) is 0 Å². The number of esters is 2. The molecule has 1 aromatic rings. The van der Waals surface area contributed by atoms with Crippen LogP contribution in [0.25, 0.3) is 0 Å². The number of hydrogen-bond acceptors (Lipinski definition) is 4. The second kappa shape index (κ2) is 4.54. The highest BCUT2D eigenvalue weighted by atomic mass is 16.5. The quantitative estimate of drug-likeness (QED) is 0.512. The average Bonchev–Trinajstić information content (AvgIpc) is 2.26. The molecule has 0 amide bonds. The van der Waals surface area contributed by atoms with Crippen molar-refractivity contribution in [2.45, 2.75) is 0 Å². The summed E-state index contributed by atoms with van der Waals surface area (Å²) in [4.78, 5) is 22.7. The zero-order valence-corrected chi connectivity index (χ0v) is 8.81. The fourth-order valence-corrected chi connectivity index (χ4v) is 1.16. The number of rotatable bonds is 2. The summed E-state index contributed by atoms with van der Waals surface area (Å²) in [6.45, 7) is 0. The van der Waals surface area contributed by atoms with Crippen molar-refractivity contribution >= 4 is 11.9 Å². The highest BCUT2D eigenvalue weighted by Gasteiger charge is 2.21. The fraction of sp³-hybridized carbons (Fsp3) is 0.300. The third-order valence-corrected chi connectivity index (χ3v) is 1.91. The van der Waals surface area contributed by atoms with Crippen LogP contribution in [0.15, 0.2) is 18.5 Å². The van der Waals surface area contributed by atoms with Gasteiger partial charge in [-0.3, -0.25) is 0 Å². The van der Waals surface area contributed by atoms with E-state index < -0.39 is 11.9 Å². The van der Waals surface area contributed by atoms with E-state index in [-0.39, 0.29) is 11.1 Å². The number of aromatic nitrogens is 1. The molecule has 0 unspecified atom stereocenters. The summed E-state index contributed by atoms with van der Waals surface area (Å²) in [6, 6.07) is 1.51. The molecule has 0 aliphatic heterocycles. The number of pyridine rings is 1. The van der Waals surface area contributed by atoms with Gasteiger partial charge in [0.05, 0.1) is 19.8 Å². The van der Waals surface area contributed by atoms with Gasteiger partial charge in [-0.1, -0.05) is 0 Å². The zero-order chi connectivity index (χ0) is 11.4. The van der Waals surface area contributed by atoms with Gasteiger partial charge in [0.25, 0.3) is 0 Å². The van der Waals surface area contributed by atoms with Crippen molar-refractivity contribution in [3.8, 4) is 0 Å². The maximum atomic E-state index is 11.4. The lowest BCUT2D eigenvalue weighted by Gasteiger charge is -2.03. The molecule has 0 radical (unpaired) electrons. The topological polar surface area (TPSA) is 56.5 Å². The van der Waals surface area contributed by atoms with Gasteiger partial charge in [0.15, 0.2) is 12.4 Å². The molecule has 1 rings (SSSR count). The van der Waals surface area contributed by atoms with Crippen LogP contribution in [0.3, 0.4) is 0 Å². The van der Waals surface area contributed by atoms with Crippen LogP contribution < -0.4 is 4.57 Å². The Morgan fingerprint density at radius 2 is 1.67 bits per heavy atom. The number of methoxy groups -OCH3 is 2. The third-order valence-electron chi connectivity index (χ3n) is 1.91. The van der Waals surface area contributed by atoms with Crippen LogP contribution in [0.1, 0.15) is 20.7 Å². The molecule has 0 aliphatic rings. The maximum absolute atomic E-state index is 11.4. The smallest absolute Gasteiger partial charge is 0.344 e. The van der Waals surface area contributed by atoms with E-state index in [2.05, 4.69) is 9.47 Å². The van der Waals surface area contributed by atoms with E-state index in [1.54, 1.807) is 17.8 Å². The monoisotopic (exact) mass is 210 g/mol. The van der Waals surface area contributed by atoms with E-state index in [1.165, 1.54) is 26.5 Å². The molecule has 1 aromatic heterocycles. The highest BCUT2D eigenvalue weighted by molar-refractivity contribution is 6.02. The first kappa shape index (κ1) is 11.2. The Morgan fingerprint density at radius 3 is 2.20 bits per heavy atom. The van der Waals surface area contributed by atoms with Crippen molar-refractivity contribution in [3.05, 3.63) is 29.6 Å². The Kier molecular flexibility index (Phi) is 3.38. The number of carbonyl (C=O) groups excluding carboxylic acids is 2. The summed E-state index contributed by atoms with van der Waals surface area (Å²) < 4.78 is 10.8. The molecule has 1 heterocycles. The van der Waals surface area contributed by atoms with E-state index in [0.29, 0.717) is 0 Å². The van der Waals surface area contributed by atoms with Crippen molar-refractivity contribution in [3.63, 3.8) is 0 Å². The van der Waals surface area contributed by atoms with Gasteiger partial charge in [0.2, 0.25) is 0 Å². The van der Waals surface area contributed by atoms with Gasteiger partial charge in [0, 0.05) is 6.07 Å². The van der Waals surface area contributed by atoms with Crippen LogP contribution in [0.5, 0.6) is 0 Å². The van der Waals surface area contributed by atoms with Gasteiger partial charge in [-0.15, -0.1) is 0 Å². The normalized spacial score (nSPS) is 9.53. The average molecular weight is 210 g/mol. The molecule has 80 valence electrons. The molecule has 0 saturated heterocycles. The first-order valence-corrected chi connectivity index (χ1v) is 4.26. The molecular weight excluding hydrogens is 198 g/mol. The van der Waals surface area contributed by atoms with Crippen LogP contribution in [0, 0.1) is 0 Å². The van der Waals surface area contributed by atoms with E-state index in [4.69, 9.17) is 0 Å². The van der Waals surface area contributed by atoms with E-state index in [9.17, 15) is 9.59 Å². The molecule has 5 heteroatoms. The predicted molar refractivity (Wildman–Crippen MR) is 50.3 cm³/mol. The summed E-state index contributed by atoms with van der Waals surface area (Å²) in [6.07, 6.45) is 3.16. The minimum atomic E-state index is -0.563. The number of aryl methyl sites for hydroxylation is 1. The molecule has 5 nitrogen and oxygen atoms in total. The van der Waals surface area contributed by atoms with Crippen molar-refractivity contribution < 1.29 is 23.6 Å². The van der Waals surface area contributed by atoms with Gasteiger partial charge >= 0.3 is 11.9 Å². The van der Waals surface area contributed by atoms with Gasteiger partial charge in [0.1, 0.15) is 12.6 Å². The Balaban J connectivity index is 3.26. The lowest BCUT2D eigenvalue weighted by molar-refractivity contribution is -0.671. The zero-order valence-electron chi connectivity index (χ0n) is 8.81. The first-order chi connectivity index (χ1) is 7.10. The van der Waals surface area contributed by atoms with E-state index >= 15 is 0 Å². The maximum Gasteiger partial charge on any atom is 0.344 e. The van der Waals surface area contributed by atoms with Crippen LogP contribution in [-0.4, -0.2) is 26.2 Å². The fourth-order valence-electron chi connectivity index (χ4n) is 1.16. The molecule has 0 aliphatic carbocycles. The second-order valence-electron chi connectivity index (χ2n) is 2.92. The summed E-state index contributed by atoms with van der Waals surface area (Å²) in [7, 11) is 4.26. The van der Waals surface area contributed by atoms with E-state index in [0.717, 1.165) is 0 Å². The summed E-state index contributed by atoms with van der Waals surface area (Å²) in [5, 5.41) is 0. The third kappa shape index (κ3) is 2.31. The van der Waals surface area contributed by atoms with Crippen LogP contribution in [0.2, 0.25) is 0 Å². The molecule has 0 aromatic carbocycles. The summed E-state index contributed by atoms with van der Waals surface area (Å²) >= 11 is 0. The SMILES string of the molecule is COC(=O)c1cc[n+](C)cc1C(=O)OC. The lowest BCUT2D eigenvalue weighted by Crippen LogP contribution is -2.30. The first-order valence-electron chi connectivity index (χ1n) is 4.26. The standard InChI is InChI=1S/C10H12NO4/c1-11-5-4-7(9(12)14-2)8(6-11)10(13)15-3/h4-6H,1-3H3/q+1. The second-order valence-corrected chi connectivity index (χ2v) is 2.92. The minimum Gasteiger partial charge on any atom is -0.465 e. The van der Waals surface area contributed by atoms with Gasteiger partial charge in [-0.25, -0.2) is 14.2 Å². The molecule has 0 fully saturated rings. The van der Waals surface area contributed by atoms with Crippen molar-refractivity contribution in [1.29, 1.82) is 0 Å². The highest BCUT2D eigenvalue weighted by Crippen LogP contribution is 2.08. The number of ether oxygens (including phenoxy) is 2. The van der Waals surface area contributed by atoms with Crippen molar-refractivity contribution in [2.75, 3.05) is 14.2 Å².